The van der Waals surface area contributed by atoms with E-state index in [-0.39, 0.29) is 5.91 Å². The van der Waals surface area contributed by atoms with Crippen LogP contribution in [0.4, 0.5) is 0 Å². The quantitative estimate of drug-likeness (QED) is 0.658. The molecule has 2 aromatic rings. The second-order valence-corrected chi connectivity index (χ2v) is 6.14. The summed E-state index contributed by atoms with van der Waals surface area (Å²) in [6.45, 7) is 0. The van der Waals surface area contributed by atoms with Crippen molar-refractivity contribution in [2.45, 2.75) is 0 Å². The van der Waals surface area contributed by atoms with Crippen molar-refractivity contribution in [3.8, 4) is 10.4 Å². The Labute approximate surface area is 130 Å². The van der Waals surface area contributed by atoms with Crippen LogP contribution in [0.3, 0.4) is 0 Å². The summed E-state index contributed by atoms with van der Waals surface area (Å²) in [6.07, 6.45) is 1.79. The van der Waals surface area contributed by atoms with E-state index < -0.39 is 0 Å². The van der Waals surface area contributed by atoms with Gasteiger partial charge in [-0.2, -0.15) is 0 Å². The van der Waals surface area contributed by atoms with Crippen LogP contribution in [0, 0.1) is 0 Å². The molecule has 0 bridgehead atoms. The van der Waals surface area contributed by atoms with Gasteiger partial charge in [-0.05, 0) is 48.1 Å². The van der Waals surface area contributed by atoms with Gasteiger partial charge in [0, 0.05) is 14.8 Å². The molecule has 1 fully saturated rings. The highest BCUT2D eigenvalue weighted by Gasteiger charge is 2.20. The predicted octanol–water partition coefficient (Wildman–Crippen LogP) is 3.41. The number of amides is 1. The Morgan fingerprint density at radius 1 is 1.10 bits per heavy atom. The van der Waals surface area contributed by atoms with Gasteiger partial charge in [-0.1, -0.05) is 23.7 Å². The molecule has 0 aliphatic carbocycles. The van der Waals surface area contributed by atoms with Gasteiger partial charge in [0.05, 0.1) is 0 Å². The van der Waals surface area contributed by atoms with Gasteiger partial charge in [0.25, 0.3) is 5.91 Å². The van der Waals surface area contributed by atoms with Gasteiger partial charge in [-0.25, -0.2) is 0 Å². The van der Waals surface area contributed by atoms with E-state index in [1.54, 1.807) is 17.4 Å². The molecule has 3 nitrogen and oxygen atoms in total. The van der Waals surface area contributed by atoms with Crippen molar-refractivity contribution in [3.63, 3.8) is 0 Å². The van der Waals surface area contributed by atoms with Crippen molar-refractivity contribution in [1.29, 1.82) is 0 Å². The van der Waals surface area contributed by atoms with Gasteiger partial charge in [0.1, 0.15) is 5.70 Å². The summed E-state index contributed by atoms with van der Waals surface area (Å²) in [4.78, 5) is 13.7. The van der Waals surface area contributed by atoms with Gasteiger partial charge in [0.15, 0.2) is 5.11 Å². The maximum absolute atomic E-state index is 11.6. The lowest BCUT2D eigenvalue weighted by molar-refractivity contribution is -0.115. The van der Waals surface area contributed by atoms with Crippen LogP contribution in [0.1, 0.15) is 4.88 Å². The first-order chi connectivity index (χ1) is 9.61. The summed E-state index contributed by atoms with van der Waals surface area (Å²) >= 11 is 12.4. The molecule has 6 heteroatoms. The van der Waals surface area contributed by atoms with Crippen molar-refractivity contribution in [2.75, 3.05) is 0 Å². The molecule has 0 spiro atoms. The minimum Gasteiger partial charge on any atom is -0.328 e. The van der Waals surface area contributed by atoms with Crippen molar-refractivity contribution in [3.05, 3.63) is 52.0 Å². The van der Waals surface area contributed by atoms with Crippen LogP contribution >= 0.6 is 35.2 Å². The molecule has 2 heterocycles. The van der Waals surface area contributed by atoms with Crippen molar-refractivity contribution < 1.29 is 4.79 Å². The number of carbonyl (C=O) groups excluding carboxylic acids is 1. The third-order valence-corrected chi connectivity index (χ3v) is 4.30. The number of hydrogen-bond donors (Lipinski definition) is 2. The number of nitrogens with one attached hydrogen (secondary N) is 2. The Hall–Kier alpha value is -1.69. The van der Waals surface area contributed by atoms with Gasteiger partial charge in [-0.15, -0.1) is 11.3 Å². The lowest BCUT2D eigenvalue weighted by Crippen LogP contribution is -2.21. The molecule has 20 heavy (non-hydrogen) atoms. The molecule has 1 aromatic heterocycles. The molecule has 1 aliphatic heterocycles. The van der Waals surface area contributed by atoms with Gasteiger partial charge < -0.3 is 5.32 Å². The highest BCUT2D eigenvalue weighted by molar-refractivity contribution is 7.80. The molecule has 0 unspecified atom stereocenters. The van der Waals surface area contributed by atoms with Crippen molar-refractivity contribution in [1.82, 2.24) is 10.6 Å². The standard InChI is InChI=1S/C14H9ClN2OS2/c15-9-3-1-8(2-4-9)12-6-5-10(20-12)7-11-13(18)17-14(19)16-11/h1-7H,(H2,16,17,18,19)/b11-7-. The summed E-state index contributed by atoms with van der Waals surface area (Å²) in [6, 6.07) is 11.7. The molecule has 100 valence electrons. The van der Waals surface area contributed by atoms with Gasteiger partial charge in [-0.3, -0.25) is 10.1 Å². The van der Waals surface area contributed by atoms with Crippen LogP contribution in [0.15, 0.2) is 42.1 Å². The van der Waals surface area contributed by atoms with Crippen LogP contribution in [0.5, 0.6) is 0 Å². The second kappa shape index (κ2) is 5.36. The molecule has 1 saturated heterocycles. The third-order valence-electron chi connectivity index (χ3n) is 2.76. The highest BCUT2D eigenvalue weighted by atomic mass is 35.5. The monoisotopic (exact) mass is 320 g/mol. The fourth-order valence-corrected chi connectivity index (χ4v) is 3.11. The molecule has 1 aromatic carbocycles. The summed E-state index contributed by atoms with van der Waals surface area (Å²) in [5.41, 5.74) is 1.57. The molecule has 3 rings (SSSR count). The van der Waals surface area contributed by atoms with Crippen molar-refractivity contribution in [2.24, 2.45) is 0 Å². The number of halogens is 1. The lowest BCUT2D eigenvalue weighted by Gasteiger charge is -1.96. The minimum atomic E-state index is -0.198. The van der Waals surface area contributed by atoms with E-state index in [2.05, 4.69) is 10.6 Å². The number of benzene rings is 1. The summed E-state index contributed by atoms with van der Waals surface area (Å²) < 4.78 is 0. The van der Waals surface area contributed by atoms with E-state index in [1.165, 1.54) is 0 Å². The Kier molecular flexibility index (Phi) is 3.56. The average Bonchev–Trinajstić information content (AvgIpc) is 2.98. The normalized spacial score (nSPS) is 16.4. The topological polar surface area (TPSA) is 41.1 Å². The van der Waals surface area contributed by atoms with E-state index in [0.29, 0.717) is 15.8 Å². The Balaban J connectivity index is 1.87. The Bertz CT molecular complexity index is 719. The molecule has 1 amide bonds. The minimum absolute atomic E-state index is 0.198. The first kappa shape index (κ1) is 13.3. The fourth-order valence-electron chi connectivity index (χ4n) is 1.82. The summed E-state index contributed by atoms with van der Waals surface area (Å²) in [5, 5.41) is 6.42. The van der Waals surface area contributed by atoms with Crippen LogP contribution < -0.4 is 10.6 Å². The average molecular weight is 321 g/mol. The zero-order chi connectivity index (χ0) is 14.1. The van der Waals surface area contributed by atoms with Crippen LogP contribution in [0.2, 0.25) is 5.02 Å². The van der Waals surface area contributed by atoms with E-state index in [1.807, 2.05) is 36.4 Å². The number of carbonyl (C=O) groups is 1. The molecule has 0 radical (unpaired) electrons. The first-order valence-electron chi connectivity index (χ1n) is 5.81. The second-order valence-electron chi connectivity index (χ2n) is 4.18. The molecule has 0 saturated carbocycles. The molecular formula is C14H9ClN2OS2. The van der Waals surface area contributed by atoms with Crippen molar-refractivity contribution >= 4 is 52.3 Å². The van der Waals surface area contributed by atoms with E-state index >= 15 is 0 Å². The summed E-state index contributed by atoms with van der Waals surface area (Å²) in [5.74, 6) is -0.198. The van der Waals surface area contributed by atoms with Gasteiger partial charge >= 0.3 is 0 Å². The smallest absolute Gasteiger partial charge is 0.273 e. The number of hydrogen-bond acceptors (Lipinski definition) is 3. The Morgan fingerprint density at radius 2 is 1.85 bits per heavy atom. The molecule has 0 atom stereocenters. The largest absolute Gasteiger partial charge is 0.328 e. The van der Waals surface area contributed by atoms with Crippen LogP contribution in [-0.4, -0.2) is 11.0 Å². The number of thiocarbonyl (C=S) groups is 1. The predicted molar refractivity (Wildman–Crippen MR) is 86.6 cm³/mol. The maximum atomic E-state index is 11.6. The van der Waals surface area contributed by atoms with Crippen LogP contribution in [-0.2, 0) is 4.79 Å². The highest BCUT2D eigenvalue weighted by Crippen LogP contribution is 2.30. The zero-order valence-electron chi connectivity index (χ0n) is 10.1. The summed E-state index contributed by atoms with van der Waals surface area (Å²) in [7, 11) is 0. The maximum Gasteiger partial charge on any atom is 0.273 e. The number of thiophene rings is 1. The molecular weight excluding hydrogens is 312 g/mol. The third kappa shape index (κ3) is 2.75. The SMILES string of the molecule is O=C1NC(=S)N/C1=C\c1ccc(-c2ccc(Cl)cc2)s1. The Morgan fingerprint density at radius 3 is 2.50 bits per heavy atom. The van der Waals surface area contributed by atoms with Gasteiger partial charge in [0.2, 0.25) is 0 Å². The van der Waals surface area contributed by atoms with E-state index in [9.17, 15) is 4.79 Å². The molecule has 2 N–H and O–H groups in total. The fraction of sp³-hybridized carbons (Fsp3) is 0. The molecule has 1 aliphatic rings. The van der Waals surface area contributed by atoms with E-state index in [0.717, 1.165) is 15.3 Å². The van der Waals surface area contributed by atoms with E-state index in [4.69, 9.17) is 23.8 Å². The van der Waals surface area contributed by atoms with Crippen LogP contribution in [0.25, 0.3) is 16.5 Å². The zero-order valence-corrected chi connectivity index (χ0v) is 12.5. The number of rotatable bonds is 2. The first-order valence-corrected chi connectivity index (χ1v) is 7.42. The lowest BCUT2D eigenvalue weighted by atomic mass is 10.2.